The second-order valence-electron chi connectivity index (χ2n) is 9.00. The van der Waals surface area contributed by atoms with Gasteiger partial charge >= 0.3 is 0 Å². The molecule has 0 radical (unpaired) electrons. The maximum atomic E-state index is 12.0. The molecule has 164 valence electrons. The van der Waals surface area contributed by atoms with Gasteiger partial charge in [0.05, 0.1) is 10.4 Å². The first-order valence-electron chi connectivity index (χ1n) is 11.1. The van der Waals surface area contributed by atoms with Gasteiger partial charge in [-0.05, 0) is 84.8 Å². The molecule has 2 aliphatic rings. The van der Waals surface area contributed by atoms with Crippen molar-refractivity contribution in [3.63, 3.8) is 0 Å². The summed E-state index contributed by atoms with van der Waals surface area (Å²) in [6.45, 7) is 0. The van der Waals surface area contributed by atoms with E-state index in [0.29, 0.717) is 10.9 Å². The van der Waals surface area contributed by atoms with E-state index >= 15 is 0 Å². The number of halogens is 1. The Labute approximate surface area is 193 Å². The maximum absolute atomic E-state index is 12.0. The zero-order valence-electron chi connectivity index (χ0n) is 17.6. The van der Waals surface area contributed by atoms with Crippen molar-refractivity contribution < 1.29 is 4.79 Å². The van der Waals surface area contributed by atoms with Gasteiger partial charge in [-0.3, -0.25) is 4.79 Å². The Bertz CT molecular complexity index is 1100. The summed E-state index contributed by atoms with van der Waals surface area (Å²) in [5.74, 6) is 5.98. The standard InChI is InChI=1S/C24H28ClN3OS2/c25-18-8-6-17(7-9-18)21-14-19-20(27-28-22(24(26)29)23(19)30-21)13-16-5-4-12-31(15-16)10-2-1-3-11-31/h6-9,14,16H,1-5,10-13,15H2,(H2,26,29). The molecular weight excluding hydrogens is 446 g/mol. The number of amides is 1. The van der Waals surface area contributed by atoms with Crippen molar-refractivity contribution in [3.8, 4) is 10.4 Å². The van der Waals surface area contributed by atoms with E-state index in [0.717, 1.165) is 32.6 Å². The van der Waals surface area contributed by atoms with Crippen molar-refractivity contribution >= 4 is 49.0 Å². The average molecular weight is 474 g/mol. The molecule has 0 saturated carbocycles. The molecule has 2 aromatic heterocycles. The van der Waals surface area contributed by atoms with Crippen LogP contribution in [-0.2, 0) is 6.42 Å². The zero-order chi connectivity index (χ0) is 21.4. The van der Waals surface area contributed by atoms with Gasteiger partial charge in [-0.1, -0.05) is 30.2 Å². The molecule has 2 N–H and O–H groups in total. The number of fused-ring (bicyclic) bond motifs is 1. The van der Waals surface area contributed by atoms with Crippen molar-refractivity contribution in [2.75, 3.05) is 23.0 Å². The van der Waals surface area contributed by atoms with E-state index in [4.69, 9.17) is 17.3 Å². The number of hydrogen-bond donors (Lipinski definition) is 1. The highest BCUT2D eigenvalue weighted by molar-refractivity contribution is 8.33. The van der Waals surface area contributed by atoms with E-state index in [2.05, 4.69) is 16.3 Å². The Balaban J connectivity index is 1.49. The van der Waals surface area contributed by atoms with Gasteiger partial charge < -0.3 is 5.73 Å². The lowest BCUT2D eigenvalue weighted by atomic mass is 9.97. The fraction of sp³-hybridized carbons (Fsp3) is 0.458. The first kappa shape index (κ1) is 21.2. The Morgan fingerprint density at radius 3 is 2.58 bits per heavy atom. The van der Waals surface area contributed by atoms with E-state index in [1.54, 1.807) is 11.3 Å². The number of nitrogens with zero attached hydrogens (tertiary/aromatic N) is 2. The molecule has 7 heteroatoms. The van der Waals surface area contributed by atoms with Crippen LogP contribution in [0, 0.1) is 5.92 Å². The van der Waals surface area contributed by atoms with Crippen molar-refractivity contribution in [2.24, 2.45) is 11.7 Å². The van der Waals surface area contributed by atoms with Crippen molar-refractivity contribution in [2.45, 2.75) is 38.5 Å². The van der Waals surface area contributed by atoms with Crippen LogP contribution >= 0.6 is 33.0 Å². The lowest BCUT2D eigenvalue weighted by Gasteiger charge is -2.49. The molecule has 0 bridgehead atoms. The minimum atomic E-state index is -0.517. The molecule has 0 aliphatic carbocycles. The molecule has 1 aromatic carbocycles. The minimum Gasteiger partial charge on any atom is -0.364 e. The fourth-order valence-electron chi connectivity index (χ4n) is 5.30. The summed E-state index contributed by atoms with van der Waals surface area (Å²) in [5, 5.41) is 10.5. The second-order valence-corrected chi connectivity index (χ2v) is 14.5. The third-order valence-corrected chi connectivity index (χ3v) is 12.9. The third kappa shape index (κ3) is 4.35. The highest BCUT2D eigenvalue weighted by atomic mass is 35.5. The van der Waals surface area contributed by atoms with Crippen LogP contribution in [0.3, 0.4) is 0 Å². The molecule has 1 spiro atoms. The monoisotopic (exact) mass is 473 g/mol. The normalized spacial score (nSPS) is 21.9. The number of carbonyl (C=O) groups excluding carboxylic acids is 1. The Hall–Kier alpha value is -1.63. The largest absolute Gasteiger partial charge is 0.364 e. The third-order valence-electron chi connectivity index (χ3n) is 6.81. The summed E-state index contributed by atoms with van der Waals surface area (Å²) in [6, 6.07) is 9.96. The van der Waals surface area contributed by atoms with Gasteiger partial charge in [0, 0.05) is 15.3 Å². The van der Waals surface area contributed by atoms with Crippen molar-refractivity contribution in [1.82, 2.24) is 10.2 Å². The lowest BCUT2D eigenvalue weighted by Crippen LogP contribution is -2.30. The minimum absolute atomic E-state index is 0.280. The number of carbonyl (C=O) groups is 1. The van der Waals surface area contributed by atoms with E-state index in [1.807, 2.05) is 24.3 Å². The molecule has 5 rings (SSSR count). The highest BCUT2D eigenvalue weighted by Gasteiger charge is 2.33. The predicted molar refractivity (Wildman–Crippen MR) is 134 cm³/mol. The zero-order valence-corrected chi connectivity index (χ0v) is 20.0. The molecule has 4 nitrogen and oxygen atoms in total. The molecule has 4 heterocycles. The summed E-state index contributed by atoms with van der Waals surface area (Å²) in [5.41, 5.74) is 8.01. The fourth-order valence-corrected chi connectivity index (χ4v) is 11.4. The van der Waals surface area contributed by atoms with Crippen LogP contribution in [0.15, 0.2) is 30.3 Å². The van der Waals surface area contributed by atoms with Crippen molar-refractivity contribution in [1.29, 1.82) is 0 Å². The van der Waals surface area contributed by atoms with Crippen LogP contribution in [0.5, 0.6) is 0 Å². The molecular formula is C24H28ClN3OS2. The summed E-state index contributed by atoms with van der Waals surface area (Å²) < 4.78 is 0.859. The van der Waals surface area contributed by atoms with Gasteiger partial charge in [-0.25, -0.2) is 10.0 Å². The summed E-state index contributed by atoms with van der Waals surface area (Å²) in [4.78, 5) is 13.1. The second kappa shape index (κ2) is 8.72. The van der Waals surface area contributed by atoms with Gasteiger partial charge in [-0.15, -0.1) is 16.4 Å². The number of rotatable bonds is 4. The Kier molecular flexibility index (Phi) is 5.97. The van der Waals surface area contributed by atoms with Gasteiger partial charge in [0.15, 0.2) is 5.69 Å². The molecule has 3 aromatic rings. The Morgan fingerprint density at radius 2 is 1.84 bits per heavy atom. The summed E-state index contributed by atoms with van der Waals surface area (Å²) >= 11 is 7.63. The lowest BCUT2D eigenvalue weighted by molar-refractivity contribution is 0.0996. The van der Waals surface area contributed by atoms with Crippen LogP contribution in [0.1, 0.15) is 48.3 Å². The number of benzene rings is 1. The molecule has 2 fully saturated rings. The highest BCUT2D eigenvalue weighted by Crippen LogP contribution is 2.57. The first-order chi connectivity index (χ1) is 15.0. The molecule has 1 unspecified atom stereocenters. The number of primary amides is 1. The van der Waals surface area contributed by atoms with E-state index in [9.17, 15) is 4.79 Å². The molecule has 31 heavy (non-hydrogen) atoms. The van der Waals surface area contributed by atoms with Gasteiger partial charge in [0.2, 0.25) is 0 Å². The van der Waals surface area contributed by atoms with Crippen LogP contribution in [-0.4, -0.2) is 39.1 Å². The average Bonchev–Trinajstić information content (AvgIpc) is 3.21. The van der Waals surface area contributed by atoms with Crippen LogP contribution in [0.4, 0.5) is 0 Å². The topological polar surface area (TPSA) is 68.9 Å². The quantitative estimate of drug-likeness (QED) is 0.501. The van der Waals surface area contributed by atoms with Crippen LogP contribution in [0.25, 0.3) is 20.5 Å². The SMILES string of the molecule is NC(=O)c1nnc(CC2CCCS3(CCCCC3)C2)c2cc(-c3ccc(Cl)cc3)sc12. The van der Waals surface area contributed by atoms with Crippen LogP contribution < -0.4 is 5.73 Å². The van der Waals surface area contributed by atoms with E-state index in [1.165, 1.54) is 55.1 Å². The van der Waals surface area contributed by atoms with Gasteiger partial charge in [0.1, 0.15) is 0 Å². The van der Waals surface area contributed by atoms with Crippen molar-refractivity contribution in [3.05, 3.63) is 46.7 Å². The molecule has 1 atom stereocenters. The number of nitrogens with two attached hydrogens (primary N) is 1. The number of thiophene rings is 1. The van der Waals surface area contributed by atoms with Gasteiger partial charge in [0.25, 0.3) is 5.91 Å². The first-order valence-corrected chi connectivity index (χ1v) is 14.6. The van der Waals surface area contributed by atoms with Crippen LogP contribution in [0.2, 0.25) is 5.02 Å². The Morgan fingerprint density at radius 1 is 1.10 bits per heavy atom. The number of hydrogen-bond acceptors (Lipinski definition) is 4. The predicted octanol–water partition coefficient (Wildman–Crippen LogP) is 6.05. The molecule has 1 amide bonds. The summed E-state index contributed by atoms with van der Waals surface area (Å²) in [7, 11) is -0.417. The molecule has 2 aliphatic heterocycles. The molecule has 2 saturated heterocycles. The summed E-state index contributed by atoms with van der Waals surface area (Å²) in [6.07, 6.45) is 7.86. The smallest absolute Gasteiger partial charge is 0.270 e. The number of aromatic nitrogens is 2. The van der Waals surface area contributed by atoms with Gasteiger partial charge in [-0.2, -0.15) is 5.10 Å². The maximum Gasteiger partial charge on any atom is 0.270 e. The van der Waals surface area contributed by atoms with E-state index < -0.39 is 15.9 Å². The van der Waals surface area contributed by atoms with E-state index in [-0.39, 0.29) is 5.69 Å².